The van der Waals surface area contributed by atoms with Crippen molar-refractivity contribution in [2.24, 2.45) is 0 Å². The topological polar surface area (TPSA) is 93.5 Å². The summed E-state index contributed by atoms with van der Waals surface area (Å²) in [6.07, 6.45) is 2.59. The fourth-order valence-electron chi connectivity index (χ4n) is 3.72. The summed E-state index contributed by atoms with van der Waals surface area (Å²) in [4.78, 5) is 23.8. The van der Waals surface area contributed by atoms with Gasteiger partial charge in [-0.2, -0.15) is 5.10 Å². The molecule has 0 unspecified atom stereocenters. The molecule has 1 aromatic heterocycles. The maximum atomic E-state index is 12.3. The third-order valence-electron chi connectivity index (χ3n) is 5.07. The molecule has 7 heteroatoms. The van der Waals surface area contributed by atoms with E-state index in [2.05, 4.69) is 22.5 Å². The highest BCUT2D eigenvalue weighted by Gasteiger charge is 2.29. The van der Waals surface area contributed by atoms with Crippen molar-refractivity contribution in [2.75, 3.05) is 6.61 Å². The summed E-state index contributed by atoms with van der Waals surface area (Å²) >= 11 is 0. The molecule has 1 aliphatic rings. The van der Waals surface area contributed by atoms with Gasteiger partial charge in [-0.15, -0.1) is 0 Å². The Morgan fingerprint density at radius 1 is 1.14 bits per heavy atom. The van der Waals surface area contributed by atoms with Crippen molar-refractivity contribution >= 4 is 12.1 Å². The van der Waals surface area contributed by atoms with Crippen molar-refractivity contribution in [3.63, 3.8) is 0 Å². The van der Waals surface area contributed by atoms with Gasteiger partial charge in [0.05, 0.1) is 12.7 Å². The number of carbonyl (C=O) groups excluding carboxylic acids is 1. The van der Waals surface area contributed by atoms with Crippen LogP contribution < -0.4 is 5.32 Å². The van der Waals surface area contributed by atoms with Gasteiger partial charge in [-0.1, -0.05) is 48.5 Å². The van der Waals surface area contributed by atoms with Crippen LogP contribution in [0, 0.1) is 6.92 Å². The Morgan fingerprint density at radius 2 is 1.76 bits per heavy atom. The number of amides is 1. The number of aryl methyl sites for hydroxylation is 1. The standard InChI is InChI=1S/C22H21N3O4/c1-14-10-23-25(11-14)12-20(21(26)27)24-22(28)29-13-19-17-8-4-2-6-15(17)16-7-3-5-9-18(16)19/h2-11,19-20H,12-13H2,1H3,(H,24,28)(H,26,27)/t20-/m0/s1. The molecule has 148 valence electrons. The minimum absolute atomic E-state index is 0.0212. The molecule has 0 saturated heterocycles. The predicted molar refractivity (Wildman–Crippen MR) is 107 cm³/mol. The lowest BCUT2D eigenvalue weighted by Gasteiger charge is -2.17. The van der Waals surface area contributed by atoms with Crippen molar-refractivity contribution in [3.05, 3.63) is 77.6 Å². The zero-order valence-electron chi connectivity index (χ0n) is 15.9. The van der Waals surface area contributed by atoms with Crippen LogP contribution in [0.5, 0.6) is 0 Å². The first-order valence-electron chi connectivity index (χ1n) is 9.36. The lowest BCUT2D eigenvalue weighted by atomic mass is 9.98. The minimum Gasteiger partial charge on any atom is -0.480 e. The molecule has 1 heterocycles. The third-order valence-corrected chi connectivity index (χ3v) is 5.07. The van der Waals surface area contributed by atoms with E-state index in [9.17, 15) is 14.7 Å². The van der Waals surface area contributed by atoms with Crippen LogP contribution in [0.3, 0.4) is 0 Å². The first-order chi connectivity index (χ1) is 14.0. The highest BCUT2D eigenvalue weighted by molar-refractivity contribution is 5.81. The number of alkyl carbamates (subject to hydrolysis) is 1. The van der Waals surface area contributed by atoms with E-state index < -0.39 is 18.1 Å². The van der Waals surface area contributed by atoms with E-state index in [1.165, 1.54) is 4.68 Å². The van der Waals surface area contributed by atoms with Crippen molar-refractivity contribution in [1.82, 2.24) is 15.1 Å². The van der Waals surface area contributed by atoms with Crippen LogP contribution >= 0.6 is 0 Å². The zero-order valence-corrected chi connectivity index (χ0v) is 15.9. The van der Waals surface area contributed by atoms with Crippen LogP contribution in [0.2, 0.25) is 0 Å². The molecule has 0 saturated carbocycles. The SMILES string of the molecule is Cc1cnn(C[C@H](NC(=O)OCC2c3ccccc3-c3ccccc32)C(=O)O)c1. The molecule has 0 radical (unpaired) electrons. The van der Waals surface area contributed by atoms with Crippen molar-refractivity contribution in [2.45, 2.75) is 25.4 Å². The van der Waals surface area contributed by atoms with Gasteiger partial charge in [0.2, 0.25) is 0 Å². The van der Waals surface area contributed by atoms with Crippen LogP contribution in [0.4, 0.5) is 4.79 Å². The van der Waals surface area contributed by atoms with E-state index in [-0.39, 0.29) is 19.1 Å². The molecule has 2 N–H and O–H groups in total. The summed E-state index contributed by atoms with van der Waals surface area (Å²) in [7, 11) is 0. The second-order valence-corrected chi connectivity index (χ2v) is 7.10. The average Bonchev–Trinajstić information content (AvgIpc) is 3.27. The average molecular weight is 391 g/mol. The van der Waals surface area contributed by atoms with Gasteiger partial charge in [0.25, 0.3) is 0 Å². The number of nitrogens with zero attached hydrogens (tertiary/aromatic N) is 2. The summed E-state index contributed by atoms with van der Waals surface area (Å²) in [6.45, 7) is 2.01. The molecule has 4 rings (SSSR count). The lowest BCUT2D eigenvalue weighted by Crippen LogP contribution is -2.44. The van der Waals surface area contributed by atoms with Gasteiger partial charge < -0.3 is 15.2 Å². The summed E-state index contributed by atoms with van der Waals surface area (Å²) in [5.74, 6) is -1.23. The number of carbonyl (C=O) groups is 2. The van der Waals surface area contributed by atoms with E-state index in [0.717, 1.165) is 27.8 Å². The summed E-state index contributed by atoms with van der Waals surface area (Å²) in [5.41, 5.74) is 5.38. The van der Waals surface area contributed by atoms with Gasteiger partial charge in [0, 0.05) is 12.1 Å². The molecule has 0 fully saturated rings. The quantitative estimate of drug-likeness (QED) is 0.673. The number of benzene rings is 2. The molecule has 7 nitrogen and oxygen atoms in total. The van der Waals surface area contributed by atoms with Crippen LogP contribution in [-0.4, -0.2) is 39.6 Å². The fraction of sp³-hybridized carbons (Fsp3) is 0.227. The molecular weight excluding hydrogens is 370 g/mol. The highest BCUT2D eigenvalue weighted by Crippen LogP contribution is 2.44. The van der Waals surface area contributed by atoms with Crippen molar-refractivity contribution in [1.29, 1.82) is 0 Å². The number of aliphatic carboxylic acids is 1. The van der Waals surface area contributed by atoms with E-state index in [1.54, 1.807) is 12.4 Å². The fourth-order valence-corrected chi connectivity index (χ4v) is 3.72. The Hall–Kier alpha value is -3.61. The Kier molecular flexibility index (Phi) is 5.03. The monoisotopic (exact) mass is 391 g/mol. The number of hydrogen-bond acceptors (Lipinski definition) is 4. The first kappa shape index (κ1) is 18.7. The molecule has 0 spiro atoms. The Morgan fingerprint density at radius 3 is 2.31 bits per heavy atom. The van der Waals surface area contributed by atoms with Gasteiger partial charge in [-0.3, -0.25) is 4.68 Å². The first-order valence-corrected chi connectivity index (χ1v) is 9.36. The second-order valence-electron chi connectivity index (χ2n) is 7.10. The number of fused-ring (bicyclic) bond motifs is 3. The van der Waals surface area contributed by atoms with Gasteiger partial charge in [-0.25, -0.2) is 9.59 Å². The van der Waals surface area contributed by atoms with Crippen LogP contribution in [-0.2, 0) is 16.1 Å². The normalized spacial score (nSPS) is 13.4. The number of ether oxygens (including phenoxy) is 1. The number of aromatic nitrogens is 2. The molecule has 3 aromatic rings. The zero-order chi connectivity index (χ0) is 20.4. The van der Waals surface area contributed by atoms with E-state index >= 15 is 0 Å². The number of rotatable bonds is 6. The molecule has 0 bridgehead atoms. The minimum atomic E-state index is -1.15. The Balaban J connectivity index is 1.43. The summed E-state index contributed by atoms with van der Waals surface area (Å²) in [6, 6.07) is 14.9. The smallest absolute Gasteiger partial charge is 0.407 e. The van der Waals surface area contributed by atoms with Crippen molar-refractivity contribution in [3.8, 4) is 11.1 Å². The largest absolute Gasteiger partial charge is 0.480 e. The molecule has 2 aromatic carbocycles. The molecule has 1 atom stereocenters. The number of carboxylic acid groups (broad SMARTS) is 1. The summed E-state index contributed by atoms with van der Waals surface area (Å²) < 4.78 is 6.90. The van der Waals surface area contributed by atoms with Crippen molar-refractivity contribution < 1.29 is 19.4 Å². The lowest BCUT2D eigenvalue weighted by molar-refractivity contribution is -0.139. The Labute approximate surface area is 167 Å². The van der Waals surface area contributed by atoms with E-state index in [4.69, 9.17) is 4.74 Å². The Bertz CT molecular complexity index is 1010. The summed E-state index contributed by atoms with van der Waals surface area (Å²) in [5, 5.41) is 15.9. The highest BCUT2D eigenvalue weighted by atomic mass is 16.5. The van der Waals surface area contributed by atoms with Crippen LogP contribution in [0.25, 0.3) is 11.1 Å². The number of hydrogen-bond donors (Lipinski definition) is 2. The molecule has 29 heavy (non-hydrogen) atoms. The van der Waals surface area contributed by atoms with Gasteiger partial charge in [0.1, 0.15) is 12.6 Å². The van der Waals surface area contributed by atoms with Gasteiger partial charge >= 0.3 is 12.1 Å². The number of nitrogens with one attached hydrogen (secondary N) is 1. The maximum Gasteiger partial charge on any atom is 0.407 e. The number of carboxylic acids is 1. The molecule has 1 amide bonds. The molecule has 1 aliphatic carbocycles. The third kappa shape index (κ3) is 3.85. The second kappa shape index (κ2) is 7.79. The van der Waals surface area contributed by atoms with E-state index in [0.29, 0.717) is 0 Å². The maximum absolute atomic E-state index is 12.3. The van der Waals surface area contributed by atoms with Crippen LogP contribution in [0.15, 0.2) is 60.9 Å². The van der Waals surface area contributed by atoms with Gasteiger partial charge in [0.15, 0.2) is 0 Å². The van der Waals surface area contributed by atoms with Gasteiger partial charge in [-0.05, 0) is 34.7 Å². The molecule has 0 aliphatic heterocycles. The van der Waals surface area contributed by atoms with E-state index in [1.807, 2.05) is 43.3 Å². The predicted octanol–water partition coefficient (Wildman–Crippen LogP) is 3.18. The van der Waals surface area contributed by atoms with Crippen LogP contribution in [0.1, 0.15) is 22.6 Å². The molecular formula is C22H21N3O4.